The molecular weight excluding hydrogens is 280 g/mol. The monoisotopic (exact) mass is 302 g/mol. The van der Waals surface area contributed by atoms with Crippen LogP contribution in [-0.4, -0.2) is 27.3 Å². The molecule has 0 fully saturated rings. The zero-order valence-corrected chi connectivity index (χ0v) is 13.2. The van der Waals surface area contributed by atoms with Gasteiger partial charge in [-0.3, -0.25) is 0 Å². The largest absolute Gasteiger partial charge is 0.329 e. The van der Waals surface area contributed by atoms with E-state index in [1.807, 2.05) is 20.1 Å². The van der Waals surface area contributed by atoms with E-state index in [2.05, 4.69) is 4.72 Å². The van der Waals surface area contributed by atoms with Gasteiger partial charge in [0, 0.05) is 17.5 Å². The highest BCUT2D eigenvalue weighted by atomic mass is 32.2. The standard InChI is InChI=1S/C13H22N2O2S2/c1-10(2)8-11(9-14)15-19(16,17)13-6-4-12(18-3)5-7-13/h4-7,10-11,15H,8-9,14H2,1-3H3/t11-/m0/s1. The predicted molar refractivity (Wildman–Crippen MR) is 80.8 cm³/mol. The van der Waals surface area contributed by atoms with Crippen molar-refractivity contribution in [1.29, 1.82) is 0 Å². The van der Waals surface area contributed by atoms with Gasteiger partial charge < -0.3 is 5.73 Å². The van der Waals surface area contributed by atoms with Gasteiger partial charge in [-0.05, 0) is 42.9 Å². The van der Waals surface area contributed by atoms with Crippen LogP contribution in [0.25, 0.3) is 0 Å². The topological polar surface area (TPSA) is 72.2 Å². The second kappa shape index (κ2) is 7.28. The summed E-state index contributed by atoms with van der Waals surface area (Å²) in [5.74, 6) is 0.398. The Morgan fingerprint density at radius 3 is 2.26 bits per heavy atom. The Morgan fingerprint density at radius 2 is 1.84 bits per heavy atom. The minimum absolute atomic E-state index is 0.217. The zero-order chi connectivity index (χ0) is 14.5. The van der Waals surface area contributed by atoms with Gasteiger partial charge in [-0.2, -0.15) is 0 Å². The third-order valence-electron chi connectivity index (χ3n) is 2.73. The quantitative estimate of drug-likeness (QED) is 0.756. The summed E-state index contributed by atoms with van der Waals surface area (Å²) in [6, 6.07) is 6.64. The van der Waals surface area contributed by atoms with Crippen molar-refractivity contribution in [3.8, 4) is 0 Å². The van der Waals surface area contributed by atoms with E-state index in [9.17, 15) is 8.42 Å². The van der Waals surface area contributed by atoms with Gasteiger partial charge in [0.05, 0.1) is 4.90 Å². The van der Waals surface area contributed by atoms with Crippen molar-refractivity contribution in [2.45, 2.75) is 36.1 Å². The average molecular weight is 302 g/mol. The Labute approximate surface area is 120 Å². The number of thioether (sulfide) groups is 1. The molecule has 0 heterocycles. The highest BCUT2D eigenvalue weighted by Gasteiger charge is 2.19. The summed E-state index contributed by atoms with van der Waals surface area (Å²) in [4.78, 5) is 1.32. The van der Waals surface area contributed by atoms with Crippen LogP contribution in [0.1, 0.15) is 20.3 Å². The first-order valence-corrected chi connectivity index (χ1v) is 8.96. The van der Waals surface area contributed by atoms with Crippen molar-refractivity contribution in [2.24, 2.45) is 11.7 Å². The summed E-state index contributed by atoms with van der Waals surface area (Å²) in [7, 11) is -3.48. The fourth-order valence-electron chi connectivity index (χ4n) is 1.80. The van der Waals surface area contributed by atoms with Gasteiger partial charge in [-0.15, -0.1) is 11.8 Å². The number of hydrogen-bond donors (Lipinski definition) is 2. The van der Waals surface area contributed by atoms with Crippen molar-refractivity contribution in [2.75, 3.05) is 12.8 Å². The van der Waals surface area contributed by atoms with E-state index in [0.29, 0.717) is 12.5 Å². The molecule has 0 amide bonds. The molecule has 1 atom stereocenters. The van der Waals surface area contributed by atoms with Crippen molar-refractivity contribution in [1.82, 2.24) is 4.72 Å². The molecule has 4 nitrogen and oxygen atoms in total. The number of nitrogens with one attached hydrogen (secondary N) is 1. The first kappa shape index (κ1) is 16.5. The molecule has 0 aromatic heterocycles. The highest BCUT2D eigenvalue weighted by Crippen LogP contribution is 2.18. The van der Waals surface area contributed by atoms with E-state index < -0.39 is 10.0 Å². The number of hydrogen-bond acceptors (Lipinski definition) is 4. The van der Waals surface area contributed by atoms with Gasteiger partial charge in [0.25, 0.3) is 0 Å². The molecule has 6 heteroatoms. The third kappa shape index (κ3) is 5.14. The lowest BCUT2D eigenvalue weighted by molar-refractivity contribution is 0.465. The highest BCUT2D eigenvalue weighted by molar-refractivity contribution is 7.98. The summed E-state index contributed by atoms with van der Waals surface area (Å²) in [6.07, 6.45) is 2.69. The average Bonchev–Trinajstić information content (AvgIpc) is 2.37. The van der Waals surface area contributed by atoms with Crippen molar-refractivity contribution >= 4 is 21.8 Å². The smallest absolute Gasteiger partial charge is 0.240 e. The summed E-state index contributed by atoms with van der Waals surface area (Å²) < 4.78 is 27.1. The first-order valence-electron chi connectivity index (χ1n) is 6.25. The SMILES string of the molecule is CSc1ccc(S(=O)(=O)N[C@H](CN)CC(C)C)cc1. The number of rotatable bonds is 7. The van der Waals surface area contributed by atoms with Crippen LogP contribution < -0.4 is 10.5 Å². The second-order valence-electron chi connectivity index (χ2n) is 4.86. The third-order valence-corrected chi connectivity index (χ3v) is 5.01. The molecule has 3 N–H and O–H groups in total. The number of sulfonamides is 1. The van der Waals surface area contributed by atoms with Crippen LogP contribution in [0.2, 0.25) is 0 Å². The Kier molecular flexibility index (Phi) is 6.32. The normalized spacial score (nSPS) is 13.7. The van der Waals surface area contributed by atoms with Gasteiger partial charge in [-0.1, -0.05) is 13.8 Å². The molecule has 0 bridgehead atoms. The van der Waals surface area contributed by atoms with Crippen LogP contribution in [-0.2, 0) is 10.0 Å². The lowest BCUT2D eigenvalue weighted by Gasteiger charge is -2.18. The van der Waals surface area contributed by atoms with Gasteiger partial charge >= 0.3 is 0 Å². The molecule has 0 saturated carbocycles. The summed E-state index contributed by atoms with van der Waals surface area (Å²) >= 11 is 1.58. The fraction of sp³-hybridized carbons (Fsp3) is 0.538. The molecule has 108 valence electrons. The molecule has 1 aromatic rings. The van der Waals surface area contributed by atoms with E-state index in [0.717, 1.165) is 11.3 Å². The van der Waals surface area contributed by atoms with Crippen LogP contribution >= 0.6 is 11.8 Å². The molecule has 1 aromatic carbocycles. The minimum Gasteiger partial charge on any atom is -0.329 e. The molecule has 19 heavy (non-hydrogen) atoms. The van der Waals surface area contributed by atoms with Crippen LogP contribution in [0.4, 0.5) is 0 Å². The minimum atomic E-state index is -3.48. The molecule has 0 saturated heterocycles. The first-order chi connectivity index (χ1) is 8.89. The van der Waals surface area contributed by atoms with E-state index in [1.54, 1.807) is 36.0 Å². The molecule has 0 spiro atoms. The van der Waals surface area contributed by atoms with Crippen LogP contribution in [0, 0.1) is 5.92 Å². The molecule has 1 rings (SSSR count). The van der Waals surface area contributed by atoms with E-state index in [4.69, 9.17) is 5.73 Å². The predicted octanol–water partition coefficient (Wildman–Crippen LogP) is 2.06. The van der Waals surface area contributed by atoms with E-state index in [-0.39, 0.29) is 10.9 Å². The Bertz CT molecular complexity index is 484. The number of nitrogens with two attached hydrogens (primary N) is 1. The molecular formula is C13H22N2O2S2. The Morgan fingerprint density at radius 1 is 1.26 bits per heavy atom. The second-order valence-corrected chi connectivity index (χ2v) is 7.45. The van der Waals surface area contributed by atoms with Crippen molar-refractivity contribution < 1.29 is 8.42 Å². The van der Waals surface area contributed by atoms with E-state index in [1.165, 1.54) is 0 Å². The summed E-state index contributed by atoms with van der Waals surface area (Å²) in [6.45, 7) is 4.40. The Balaban J connectivity index is 2.84. The lowest BCUT2D eigenvalue weighted by Crippen LogP contribution is -2.40. The molecule has 0 unspecified atom stereocenters. The fourth-order valence-corrected chi connectivity index (χ4v) is 3.47. The van der Waals surface area contributed by atoms with Crippen LogP contribution in [0.5, 0.6) is 0 Å². The maximum Gasteiger partial charge on any atom is 0.240 e. The zero-order valence-electron chi connectivity index (χ0n) is 11.6. The summed E-state index contributed by atoms with van der Waals surface area (Å²) in [5.41, 5.74) is 5.62. The van der Waals surface area contributed by atoms with Gasteiger partial charge in [-0.25, -0.2) is 13.1 Å². The Hall–Kier alpha value is -0.560. The van der Waals surface area contributed by atoms with E-state index >= 15 is 0 Å². The van der Waals surface area contributed by atoms with Gasteiger partial charge in [0.2, 0.25) is 10.0 Å². The molecule has 0 aliphatic rings. The summed E-state index contributed by atoms with van der Waals surface area (Å²) in [5, 5.41) is 0. The van der Waals surface area contributed by atoms with Crippen molar-refractivity contribution in [3.63, 3.8) is 0 Å². The van der Waals surface area contributed by atoms with Crippen LogP contribution in [0.15, 0.2) is 34.1 Å². The maximum atomic E-state index is 12.2. The van der Waals surface area contributed by atoms with Gasteiger partial charge in [0.15, 0.2) is 0 Å². The molecule has 0 aliphatic heterocycles. The lowest BCUT2D eigenvalue weighted by atomic mass is 10.1. The van der Waals surface area contributed by atoms with Gasteiger partial charge in [0.1, 0.15) is 0 Å². The maximum absolute atomic E-state index is 12.2. The molecule has 0 aliphatic carbocycles. The van der Waals surface area contributed by atoms with Crippen molar-refractivity contribution in [3.05, 3.63) is 24.3 Å². The van der Waals surface area contributed by atoms with Crippen LogP contribution in [0.3, 0.4) is 0 Å². The number of benzene rings is 1. The molecule has 0 radical (unpaired) electrons.